The number of aromatic carboxylic acids is 1. The summed E-state index contributed by atoms with van der Waals surface area (Å²) in [6.07, 6.45) is 2.02. The maximum atomic E-state index is 12.7. The largest absolute Gasteiger partial charge is 0.478 e. The summed E-state index contributed by atoms with van der Waals surface area (Å²) in [7, 11) is 0. The first-order valence-corrected chi connectivity index (χ1v) is 9.03. The van der Waals surface area contributed by atoms with Crippen LogP contribution in [0, 0.1) is 6.92 Å². The predicted octanol–water partition coefficient (Wildman–Crippen LogP) is 1.23. The Kier molecular flexibility index (Phi) is 4.75. The fourth-order valence-electron chi connectivity index (χ4n) is 3.05. The molecule has 2 aliphatic heterocycles. The van der Waals surface area contributed by atoms with E-state index in [2.05, 4.69) is 4.98 Å². The highest BCUT2D eigenvalue weighted by Crippen LogP contribution is 2.25. The Hall–Kier alpha value is -2.09. The number of hydrogen-bond acceptors (Lipinski definition) is 5. The molecule has 1 aromatic heterocycles. The molecular formula is C16H19N3O4S. The Morgan fingerprint density at radius 1 is 1.25 bits per heavy atom. The summed E-state index contributed by atoms with van der Waals surface area (Å²) < 4.78 is 0. The molecule has 3 rings (SSSR count). The number of aryl methyl sites for hydroxylation is 1. The first-order valence-electron chi connectivity index (χ1n) is 7.87. The predicted molar refractivity (Wildman–Crippen MR) is 89.0 cm³/mol. The van der Waals surface area contributed by atoms with Crippen molar-refractivity contribution in [2.75, 3.05) is 24.7 Å². The number of aromatic nitrogens is 1. The van der Waals surface area contributed by atoms with E-state index in [0.717, 1.165) is 25.9 Å². The van der Waals surface area contributed by atoms with Gasteiger partial charge in [0, 0.05) is 18.8 Å². The monoisotopic (exact) mass is 349 g/mol. The Morgan fingerprint density at radius 2 is 1.96 bits per heavy atom. The third-order valence-electron chi connectivity index (χ3n) is 4.38. The molecule has 1 unspecified atom stereocenters. The van der Waals surface area contributed by atoms with Gasteiger partial charge in [-0.15, -0.1) is 11.8 Å². The van der Waals surface area contributed by atoms with E-state index in [9.17, 15) is 14.4 Å². The molecule has 2 saturated heterocycles. The summed E-state index contributed by atoms with van der Waals surface area (Å²) in [5.74, 6) is -0.349. The van der Waals surface area contributed by atoms with E-state index in [1.165, 1.54) is 12.1 Å². The van der Waals surface area contributed by atoms with Gasteiger partial charge in [0.05, 0.1) is 17.1 Å². The molecule has 0 spiro atoms. The molecule has 2 amide bonds. The van der Waals surface area contributed by atoms with E-state index in [1.54, 1.807) is 23.6 Å². The normalized spacial score (nSPS) is 20.5. The lowest BCUT2D eigenvalue weighted by Crippen LogP contribution is -2.48. The number of nitrogens with zero attached hydrogens (tertiary/aromatic N) is 3. The molecule has 3 heterocycles. The SMILES string of the molecule is Cc1nc(C(=O)N2CSCC2C(=O)N2CCCC2)ccc1C(=O)O. The molecule has 24 heavy (non-hydrogen) atoms. The van der Waals surface area contributed by atoms with Gasteiger partial charge in [-0.1, -0.05) is 0 Å². The average molecular weight is 349 g/mol. The molecule has 7 nitrogen and oxygen atoms in total. The number of thioether (sulfide) groups is 1. The van der Waals surface area contributed by atoms with Crippen LogP contribution in [0.4, 0.5) is 0 Å². The zero-order valence-corrected chi connectivity index (χ0v) is 14.2. The van der Waals surface area contributed by atoms with Gasteiger partial charge in [-0.3, -0.25) is 9.59 Å². The van der Waals surface area contributed by atoms with Crippen molar-refractivity contribution < 1.29 is 19.5 Å². The summed E-state index contributed by atoms with van der Waals surface area (Å²) >= 11 is 1.55. The number of carboxylic acids is 1. The number of carboxylic acid groups (broad SMARTS) is 1. The Balaban J connectivity index is 1.79. The van der Waals surface area contributed by atoms with Crippen molar-refractivity contribution >= 4 is 29.5 Å². The van der Waals surface area contributed by atoms with Gasteiger partial charge in [0.2, 0.25) is 5.91 Å². The quantitative estimate of drug-likeness (QED) is 0.882. The number of carbonyl (C=O) groups is 3. The van der Waals surface area contributed by atoms with Gasteiger partial charge in [-0.2, -0.15) is 0 Å². The Bertz CT molecular complexity index is 688. The lowest BCUT2D eigenvalue weighted by Gasteiger charge is -2.26. The van der Waals surface area contributed by atoms with Crippen molar-refractivity contribution in [3.05, 3.63) is 29.1 Å². The number of rotatable bonds is 3. The summed E-state index contributed by atoms with van der Waals surface area (Å²) in [5.41, 5.74) is 0.550. The van der Waals surface area contributed by atoms with Crippen LogP contribution in [0.5, 0.6) is 0 Å². The number of pyridine rings is 1. The van der Waals surface area contributed by atoms with Crippen LogP contribution in [0.3, 0.4) is 0 Å². The van der Waals surface area contributed by atoms with Crippen molar-refractivity contribution in [1.29, 1.82) is 0 Å². The highest BCUT2D eigenvalue weighted by molar-refractivity contribution is 7.99. The van der Waals surface area contributed by atoms with E-state index in [1.807, 2.05) is 4.90 Å². The zero-order valence-electron chi connectivity index (χ0n) is 13.4. The molecule has 1 aromatic rings. The zero-order chi connectivity index (χ0) is 17.3. The second-order valence-electron chi connectivity index (χ2n) is 5.96. The first-order chi connectivity index (χ1) is 11.5. The maximum Gasteiger partial charge on any atom is 0.337 e. The van der Waals surface area contributed by atoms with Crippen molar-refractivity contribution in [1.82, 2.24) is 14.8 Å². The number of carbonyl (C=O) groups excluding carboxylic acids is 2. The smallest absolute Gasteiger partial charge is 0.337 e. The molecule has 0 saturated carbocycles. The van der Waals surface area contributed by atoms with Crippen molar-refractivity contribution in [2.45, 2.75) is 25.8 Å². The van der Waals surface area contributed by atoms with Gasteiger partial charge >= 0.3 is 5.97 Å². The summed E-state index contributed by atoms with van der Waals surface area (Å²) in [5, 5.41) is 9.05. The topological polar surface area (TPSA) is 90.8 Å². The maximum absolute atomic E-state index is 12.7. The molecule has 0 bridgehead atoms. The number of likely N-dealkylation sites (tertiary alicyclic amines) is 1. The molecule has 128 valence electrons. The van der Waals surface area contributed by atoms with Crippen LogP contribution in [-0.2, 0) is 4.79 Å². The van der Waals surface area contributed by atoms with Crippen LogP contribution in [0.15, 0.2) is 12.1 Å². The fourth-order valence-corrected chi connectivity index (χ4v) is 4.19. The highest BCUT2D eigenvalue weighted by Gasteiger charge is 2.38. The van der Waals surface area contributed by atoms with Gasteiger partial charge in [-0.05, 0) is 31.9 Å². The minimum atomic E-state index is -1.07. The lowest BCUT2D eigenvalue weighted by atomic mass is 10.1. The van der Waals surface area contributed by atoms with Gasteiger partial charge < -0.3 is 14.9 Å². The van der Waals surface area contributed by atoms with Crippen LogP contribution in [0.1, 0.15) is 39.4 Å². The van der Waals surface area contributed by atoms with Crippen molar-refractivity contribution in [3.63, 3.8) is 0 Å². The molecule has 0 aromatic carbocycles. The first kappa shape index (κ1) is 16.8. The van der Waals surface area contributed by atoms with Crippen molar-refractivity contribution in [3.8, 4) is 0 Å². The van der Waals surface area contributed by atoms with E-state index in [-0.39, 0.29) is 23.1 Å². The Morgan fingerprint density at radius 3 is 2.58 bits per heavy atom. The molecule has 1 N–H and O–H groups in total. The molecule has 8 heteroatoms. The van der Waals surface area contributed by atoms with Crippen LogP contribution in [0.25, 0.3) is 0 Å². The van der Waals surface area contributed by atoms with E-state index in [0.29, 0.717) is 17.3 Å². The van der Waals surface area contributed by atoms with Gasteiger partial charge in [0.25, 0.3) is 5.91 Å². The van der Waals surface area contributed by atoms with Crippen LogP contribution in [-0.4, -0.2) is 68.4 Å². The van der Waals surface area contributed by atoms with E-state index < -0.39 is 12.0 Å². The highest BCUT2D eigenvalue weighted by atomic mass is 32.2. The number of hydrogen-bond donors (Lipinski definition) is 1. The third-order valence-corrected chi connectivity index (χ3v) is 5.39. The Labute approximate surface area is 144 Å². The number of amides is 2. The fraction of sp³-hybridized carbons (Fsp3) is 0.500. The third kappa shape index (κ3) is 3.10. The minimum absolute atomic E-state index is 0.00438. The molecule has 2 aliphatic rings. The second kappa shape index (κ2) is 6.80. The van der Waals surface area contributed by atoms with Gasteiger partial charge in [-0.25, -0.2) is 9.78 Å². The van der Waals surface area contributed by atoms with E-state index >= 15 is 0 Å². The molecule has 1 atom stereocenters. The van der Waals surface area contributed by atoms with Crippen LogP contribution in [0.2, 0.25) is 0 Å². The molecule has 2 fully saturated rings. The molecular weight excluding hydrogens is 330 g/mol. The molecule has 0 radical (unpaired) electrons. The van der Waals surface area contributed by atoms with Gasteiger partial charge in [0.15, 0.2) is 0 Å². The molecule has 0 aliphatic carbocycles. The summed E-state index contributed by atoms with van der Waals surface area (Å²) in [6, 6.07) is 2.35. The van der Waals surface area contributed by atoms with Crippen molar-refractivity contribution in [2.24, 2.45) is 0 Å². The summed E-state index contributed by atoms with van der Waals surface area (Å²) in [4.78, 5) is 43.9. The minimum Gasteiger partial charge on any atom is -0.478 e. The standard InChI is InChI=1S/C16H19N3O4S/c1-10-11(16(22)23)4-5-12(17-10)14(20)19-9-24-8-13(19)15(21)18-6-2-3-7-18/h4-5,13H,2-3,6-9H2,1H3,(H,22,23). The average Bonchev–Trinajstić information content (AvgIpc) is 3.24. The van der Waals surface area contributed by atoms with E-state index in [4.69, 9.17) is 5.11 Å². The van der Waals surface area contributed by atoms with Crippen LogP contribution >= 0.6 is 11.8 Å². The second-order valence-corrected chi connectivity index (χ2v) is 6.96. The van der Waals surface area contributed by atoms with Crippen LogP contribution < -0.4 is 0 Å². The lowest BCUT2D eigenvalue weighted by molar-refractivity contribution is -0.133. The van der Waals surface area contributed by atoms with Gasteiger partial charge in [0.1, 0.15) is 11.7 Å². The summed E-state index contributed by atoms with van der Waals surface area (Å²) in [6.45, 7) is 3.07.